The van der Waals surface area contributed by atoms with Gasteiger partial charge in [-0.25, -0.2) is 4.98 Å². The van der Waals surface area contributed by atoms with Crippen LogP contribution < -0.4 is 0 Å². The van der Waals surface area contributed by atoms with Crippen LogP contribution >= 0.6 is 11.8 Å². The van der Waals surface area contributed by atoms with E-state index in [1.807, 2.05) is 13.8 Å². The van der Waals surface area contributed by atoms with Gasteiger partial charge in [0.1, 0.15) is 5.76 Å². The summed E-state index contributed by atoms with van der Waals surface area (Å²) in [5.41, 5.74) is 4.91. The summed E-state index contributed by atoms with van der Waals surface area (Å²) in [6.45, 7) is 8.17. The van der Waals surface area contributed by atoms with Crippen LogP contribution in [-0.2, 0) is 5.75 Å². The highest BCUT2D eigenvalue weighted by Gasteiger charge is 2.06. The van der Waals surface area contributed by atoms with Crippen LogP contribution in [0.25, 0.3) is 0 Å². The fourth-order valence-electron chi connectivity index (χ4n) is 1.80. The van der Waals surface area contributed by atoms with E-state index in [1.165, 1.54) is 16.7 Å². The van der Waals surface area contributed by atoms with Crippen molar-refractivity contribution in [3.63, 3.8) is 0 Å². The second-order valence-corrected chi connectivity index (χ2v) is 5.33. The first-order chi connectivity index (χ1) is 8.04. The Labute approximate surface area is 106 Å². The van der Waals surface area contributed by atoms with Crippen molar-refractivity contribution in [2.75, 3.05) is 0 Å². The molecule has 2 aromatic rings. The molecule has 0 radical (unpaired) electrons. The summed E-state index contributed by atoms with van der Waals surface area (Å²) in [5.74, 6) is 1.81. The standard InChI is InChI=1S/C14H17NOS/c1-9-5-10(2)7-13(6-9)8-17-14-15-11(3)12(4)16-14/h5-7H,8H2,1-4H3. The molecule has 1 aromatic carbocycles. The fraction of sp³-hybridized carbons (Fsp3) is 0.357. The number of hydrogen-bond acceptors (Lipinski definition) is 3. The molecule has 0 bridgehead atoms. The van der Waals surface area contributed by atoms with E-state index < -0.39 is 0 Å². The Balaban J connectivity index is 2.07. The van der Waals surface area contributed by atoms with Crippen LogP contribution in [0.3, 0.4) is 0 Å². The molecule has 0 unspecified atom stereocenters. The summed E-state index contributed by atoms with van der Waals surface area (Å²) in [6.07, 6.45) is 0. The maximum absolute atomic E-state index is 5.55. The van der Waals surface area contributed by atoms with E-state index in [-0.39, 0.29) is 0 Å². The summed E-state index contributed by atoms with van der Waals surface area (Å²) < 4.78 is 5.55. The molecule has 0 saturated heterocycles. The third-order valence-corrected chi connectivity index (χ3v) is 3.55. The Kier molecular flexibility index (Phi) is 3.57. The molecular formula is C14H17NOS. The van der Waals surface area contributed by atoms with E-state index in [4.69, 9.17) is 4.42 Å². The first-order valence-corrected chi connectivity index (χ1v) is 6.67. The molecule has 0 aliphatic carbocycles. The van der Waals surface area contributed by atoms with Crippen molar-refractivity contribution in [3.05, 3.63) is 46.3 Å². The lowest BCUT2D eigenvalue weighted by molar-refractivity contribution is 0.431. The Hall–Kier alpha value is -1.22. The monoisotopic (exact) mass is 247 g/mol. The number of benzene rings is 1. The molecule has 2 rings (SSSR count). The van der Waals surface area contributed by atoms with E-state index in [2.05, 4.69) is 37.0 Å². The number of oxazole rings is 1. The van der Waals surface area contributed by atoms with Crippen LogP contribution in [-0.4, -0.2) is 4.98 Å². The van der Waals surface area contributed by atoms with Crippen LogP contribution in [0.15, 0.2) is 27.8 Å². The molecular weight excluding hydrogens is 230 g/mol. The Morgan fingerprint density at radius 2 is 1.71 bits per heavy atom. The molecule has 0 amide bonds. The Morgan fingerprint density at radius 1 is 1.06 bits per heavy atom. The van der Waals surface area contributed by atoms with Crippen LogP contribution in [0.5, 0.6) is 0 Å². The highest BCUT2D eigenvalue weighted by atomic mass is 32.2. The molecule has 1 heterocycles. The van der Waals surface area contributed by atoms with Gasteiger partial charge in [-0.1, -0.05) is 41.1 Å². The maximum atomic E-state index is 5.55. The van der Waals surface area contributed by atoms with Crippen molar-refractivity contribution in [3.8, 4) is 0 Å². The largest absolute Gasteiger partial charge is 0.437 e. The van der Waals surface area contributed by atoms with E-state index in [1.54, 1.807) is 11.8 Å². The molecule has 0 N–H and O–H groups in total. The second kappa shape index (κ2) is 4.96. The average Bonchev–Trinajstić information content (AvgIpc) is 2.54. The average molecular weight is 247 g/mol. The minimum Gasteiger partial charge on any atom is -0.437 e. The third-order valence-electron chi connectivity index (χ3n) is 2.65. The van der Waals surface area contributed by atoms with E-state index in [9.17, 15) is 0 Å². The summed E-state index contributed by atoms with van der Waals surface area (Å²) in [6, 6.07) is 6.61. The molecule has 0 aliphatic heterocycles. The normalized spacial score (nSPS) is 10.8. The summed E-state index contributed by atoms with van der Waals surface area (Å²) in [4.78, 5) is 4.37. The zero-order chi connectivity index (χ0) is 12.4. The molecule has 3 heteroatoms. The lowest BCUT2D eigenvalue weighted by atomic mass is 10.1. The molecule has 0 saturated carbocycles. The van der Waals surface area contributed by atoms with Crippen LogP contribution in [0.2, 0.25) is 0 Å². The van der Waals surface area contributed by atoms with Gasteiger partial charge in [-0.15, -0.1) is 0 Å². The Bertz CT molecular complexity index is 491. The number of rotatable bonds is 3. The number of nitrogens with zero attached hydrogens (tertiary/aromatic N) is 1. The number of hydrogen-bond donors (Lipinski definition) is 0. The van der Waals surface area contributed by atoms with E-state index in [0.717, 1.165) is 22.4 Å². The van der Waals surface area contributed by atoms with Crippen LogP contribution in [0, 0.1) is 27.7 Å². The molecule has 2 nitrogen and oxygen atoms in total. The van der Waals surface area contributed by atoms with Gasteiger partial charge in [-0.05, 0) is 33.3 Å². The van der Waals surface area contributed by atoms with Gasteiger partial charge >= 0.3 is 0 Å². The smallest absolute Gasteiger partial charge is 0.256 e. The second-order valence-electron chi connectivity index (χ2n) is 4.41. The molecule has 0 atom stereocenters. The van der Waals surface area contributed by atoms with Crippen molar-refractivity contribution < 1.29 is 4.42 Å². The summed E-state index contributed by atoms with van der Waals surface area (Å²) in [7, 11) is 0. The lowest BCUT2D eigenvalue weighted by Gasteiger charge is -2.02. The van der Waals surface area contributed by atoms with Crippen molar-refractivity contribution in [2.45, 2.75) is 38.7 Å². The van der Waals surface area contributed by atoms with Gasteiger partial charge < -0.3 is 4.42 Å². The summed E-state index contributed by atoms with van der Waals surface area (Å²) >= 11 is 1.65. The fourth-order valence-corrected chi connectivity index (χ4v) is 2.64. The zero-order valence-corrected chi connectivity index (χ0v) is 11.5. The van der Waals surface area contributed by atoms with Gasteiger partial charge in [0.15, 0.2) is 0 Å². The van der Waals surface area contributed by atoms with Crippen LogP contribution in [0.4, 0.5) is 0 Å². The number of aryl methyl sites for hydroxylation is 4. The van der Waals surface area contributed by atoms with E-state index in [0.29, 0.717) is 0 Å². The molecule has 0 aliphatic rings. The first-order valence-electron chi connectivity index (χ1n) is 5.68. The number of aromatic nitrogens is 1. The van der Waals surface area contributed by atoms with Crippen molar-refractivity contribution in [2.24, 2.45) is 0 Å². The van der Waals surface area contributed by atoms with Gasteiger partial charge in [0.2, 0.25) is 0 Å². The van der Waals surface area contributed by atoms with Gasteiger partial charge in [0.25, 0.3) is 5.22 Å². The number of thioether (sulfide) groups is 1. The predicted octanol–water partition coefficient (Wildman–Crippen LogP) is 4.20. The maximum Gasteiger partial charge on any atom is 0.256 e. The molecule has 17 heavy (non-hydrogen) atoms. The predicted molar refractivity (Wildman–Crippen MR) is 71.5 cm³/mol. The highest BCUT2D eigenvalue weighted by molar-refractivity contribution is 7.98. The molecule has 90 valence electrons. The van der Waals surface area contributed by atoms with E-state index >= 15 is 0 Å². The molecule has 0 fully saturated rings. The van der Waals surface area contributed by atoms with Crippen LogP contribution in [0.1, 0.15) is 28.1 Å². The first kappa shape index (κ1) is 12.2. The SMILES string of the molecule is Cc1cc(C)cc(CSc2nc(C)c(C)o2)c1. The molecule has 0 spiro atoms. The van der Waals surface area contributed by atoms with Crippen molar-refractivity contribution in [1.82, 2.24) is 4.98 Å². The van der Waals surface area contributed by atoms with Gasteiger partial charge in [-0.2, -0.15) is 0 Å². The van der Waals surface area contributed by atoms with Gasteiger partial charge in [0.05, 0.1) is 5.69 Å². The topological polar surface area (TPSA) is 26.0 Å². The minimum absolute atomic E-state index is 0.763. The van der Waals surface area contributed by atoms with Gasteiger partial charge in [-0.3, -0.25) is 0 Å². The Morgan fingerprint density at radius 3 is 2.24 bits per heavy atom. The molecule has 1 aromatic heterocycles. The third kappa shape index (κ3) is 3.13. The zero-order valence-electron chi connectivity index (χ0n) is 10.7. The van der Waals surface area contributed by atoms with Crippen molar-refractivity contribution >= 4 is 11.8 Å². The summed E-state index contributed by atoms with van der Waals surface area (Å²) in [5, 5.41) is 0.763. The van der Waals surface area contributed by atoms with Crippen molar-refractivity contribution in [1.29, 1.82) is 0 Å². The highest BCUT2D eigenvalue weighted by Crippen LogP contribution is 2.24. The van der Waals surface area contributed by atoms with Gasteiger partial charge in [0, 0.05) is 5.75 Å². The lowest BCUT2D eigenvalue weighted by Crippen LogP contribution is -1.85. The minimum atomic E-state index is 0.763. The quantitative estimate of drug-likeness (QED) is 0.760.